The van der Waals surface area contributed by atoms with Crippen molar-refractivity contribution >= 4 is 40.5 Å². The average molecular weight is 487 g/mol. The lowest BCUT2D eigenvalue weighted by Gasteiger charge is -2.45. The Bertz CT molecular complexity index is 966. The van der Waals surface area contributed by atoms with Crippen molar-refractivity contribution in [3.63, 3.8) is 0 Å². The largest absolute Gasteiger partial charge is 0.385 e. The van der Waals surface area contributed by atoms with Gasteiger partial charge in [-0.05, 0) is 48.8 Å². The maximum atomic E-state index is 13.4. The molecular weight excluding hydrogens is 456 g/mol. The molecule has 6 nitrogen and oxygen atoms in total. The summed E-state index contributed by atoms with van der Waals surface area (Å²) in [5.74, 6) is 0.183. The zero-order valence-corrected chi connectivity index (χ0v) is 20.5. The first-order valence-corrected chi connectivity index (χ1v) is 12.2. The summed E-state index contributed by atoms with van der Waals surface area (Å²) in [6.07, 6.45) is 3.14. The maximum Gasteiger partial charge on any atom is 0.241 e. The van der Waals surface area contributed by atoms with Crippen LogP contribution in [0.5, 0.6) is 0 Å². The molecule has 2 aliphatic heterocycles. The van der Waals surface area contributed by atoms with Crippen molar-refractivity contribution in [2.75, 3.05) is 38.7 Å². The van der Waals surface area contributed by atoms with Crippen LogP contribution < -0.4 is 10.6 Å². The van der Waals surface area contributed by atoms with Crippen molar-refractivity contribution in [2.45, 2.75) is 37.4 Å². The van der Waals surface area contributed by atoms with Crippen LogP contribution in [-0.2, 0) is 16.0 Å². The lowest BCUT2D eigenvalue weighted by atomic mass is 9.95. The van der Waals surface area contributed by atoms with Gasteiger partial charge in [0.1, 0.15) is 0 Å². The summed E-state index contributed by atoms with van der Waals surface area (Å²) in [5, 5.41) is 8.37. The molecular formula is C25H31ClN4O2S. The molecule has 1 atom stereocenters. The number of thiocarbonyl (C=S) groups is 1. The Morgan fingerprint density at radius 2 is 1.97 bits per heavy atom. The molecule has 0 saturated carbocycles. The number of hydrogen-bond donors (Lipinski definition) is 2. The molecule has 2 saturated heterocycles. The van der Waals surface area contributed by atoms with Crippen molar-refractivity contribution in [2.24, 2.45) is 0 Å². The lowest BCUT2D eigenvalue weighted by Crippen LogP contribution is -2.60. The highest BCUT2D eigenvalue weighted by Crippen LogP contribution is 2.34. The van der Waals surface area contributed by atoms with Gasteiger partial charge in [0.05, 0.1) is 11.7 Å². The van der Waals surface area contributed by atoms with Gasteiger partial charge in [-0.15, -0.1) is 0 Å². The average Bonchev–Trinajstić information content (AvgIpc) is 3.05. The third kappa shape index (κ3) is 5.66. The molecule has 1 spiro atoms. The van der Waals surface area contributed by atoms with Crippen molar-refractivity contribution in [1.82, 2.24) is 15.1 Å². The Morgan fingerprint density at radius 3 is 2.67 bits per heavy atom. The van der Waals surface area contributed by atoms with Crippen molar-refractivity contribution < 1.29 is 9.53 Å². The van der Waals surface area contributed by atoms with Crippen LogP contribution >= 0.6 is 23.8 Å². The quantitative estimate of drug-likeness (QED) is 0.457. The van der Waals surface area contributed by atoms with Gasteiger partial charge in [-0.2, -0.15) is 0 Å². The number of rotatable bonds is 7. The first-order chi connectivity index (χ1) is 16.0. The Morgan fingerprint density at radius 1 is 1.21 bits per heavy atom. The second kappa shape index (κ2) is 10.8. The minimum atomic E-state index is -0.341. The van der Waals surface area contributed by atoms with Crippen molar-refractivity contribution in [1.29, 1.82) is 0 Å². The second-order valence-corrected chi connectivity index (χ2v) is 9.51. The molecule has 8 heteroatoms. The molecule has 2 aromatic carbocycles. The molecule has 4 rings (SSSR count). The molecule has 0 bridgehead atoms. The fraction of sp³-hybridized carbons (Fsp3) is 0.440. The van der Waals surface area contributed by atoms with Crippen LogP contribution in [0.15, 0.2) is 54.6 Å². The number of benzene rings is 2. The van der Waals surface area contributed by atoms with Crippen LogP contribution in [-0.4, -0.2) is 65.9 Å². The molecule has 2 aromatic rings. The predicted molar refractivity (Wildman–Crippen MR) is 136 cm³/mol. The number of nitrogens with zero attached hydrogens (tertiary/aromatic N) is 2. The van der Waals surface area contributed by atoms with E-state index < -0.39 is 0 Å². The number of nitrogens with one attached hydrogen (secondary N) is 2. The summed E-state index contributed by atoms with van der Waals surface area (Å²) in [6, 6.07) is 17.6. The summed E-state index contributed by atoms with van der Waals surface area (Å²) in [7, 11) is 1.70. The Hall–Kier alpha value is -2.19. The topological polar surface area (TPSA) is 56.8 Å². The second-order valence-electron chi connectivity index (χ2n) is 8.68. The normalized spacial score (nSPS) is 19.8. The zero-order chi connectivity index (χ0) is 23.3. The highest BCUT2D eigenvalue weighted by atomic mass is 35.5. The van der Waals surface area contributed by atoms with E-state index in [9.17, 15) is 4.79 Å². The molecule has 2 fully saturated rings. The number of carbonyl (C=O) groups is 1. The summed E-state index contributed by atoms with van der Waals surface area (Å²) in [6.45, 7) is 2.87. The van der Waals surface area contributed by atoms with Gasteiger partial charge in [0.25, 0.3) is 0 Å². The minimum absolute atomic E-state index is 0.183. The molecule has 33 heavy (non-hydrogen) atoms. The minimum Gasteiger partial charge on any atom is -0.385 e. The number of ether oxygens (including phenoxy) is 1. The predicted octanol–water partition coefficient (Wildman–Crippen LogP) is 3.91. The SMILES string of the molecule is COCCCN1C(=O)[C@@H](Cc2ccccc2)NC12CCN(C(=S)Nc1cccc(Cl)c1)CC2. The van der Waals surface area contributed by atoms with E-state index in [1.165, 1.54) is 5.56 Å². The van der Waals surface area contributed by atoms with Crippen LogP contribution in [0, 0.1) is 0 Å². The summed E-state index contributed by atoms with van der Waals surface area (Å²) < 4.78 is 5.25. The lowest BCUT2D eigenvalue weighted by molar-refractivity contribution is -0.133. The fourth-order valence-corrected chi connectivity index (χ4v) is 5.30. The van der Waals surface area contributed by atoms with Crippen LogP contribution in [0.4, 0.5) is 5.69 Å². The van der Waals surface area contributed by atoms with Crippen molar-refractivity contribution in [3.05, 3.63) is 65.2 Å². The van der Waals surface area contributed by atoms with Gasteiger partial charge < -0.3 is 19.9 Å². The first kappa shape index (κ1) is 24.0. The van der Waals surface area contributed by atoms with Gasteiger partial charge >= 0.3 is 0 Å². The van der Waals surface area contributed by atoms with Gasteiger partial charge in [0, 0.05) is 56.9 Å². The number of carbonyl (C=O) groups excluding carboxylic acids is 1. The molecule has 2 heterocycles. The fourth-order valence-electron chi connectivity index (χ4n) is 4.81. The van der Waals surface area contributed by atoms with Crippen molar-refractivity contribution in [3.8, 4) is 0 Å². The van der Waals surface area contributed by atoms with E-state index in [0.717, 1.165) is 38.0 Å². The van der Waals surface area contributed by atoms with Crippen LogP contribution in [0.3, 0.4) is 0 Å². The van der Waals surface area contributed by atoms with Gasteiger partial charge in [-0.25, -0.2) is 0 Å². The number of halogens is 1. The van der Waals surface area contributed by atoms with E-state index in [-0.39, 0.29) is 17.6 Å². The molecule has 0 unspecified atom stereocenters. The van der Waals surface area contributed by atoms with E-state index in [4.69, 9.17) is 28.6 Å². The van der Waals surface area contributed by atoms with Crippen LogP contribution in [0.25, 0.3) is 0 Å². The molecule has 0 aromatic heterocycles. The Balaban J connectivity index is 1.43. The number of hydrogen-bond acceptors (Lipinski definition) is 4. The van der Waals surface area contributed by atoms with Gasteiger partial charge in [-0.3, -0.25) is 10.1 Å². The van der Waals surface area contributed by atoms with E-state index in [0.29, 0.717) is 29.7 Å². The third-order valence-electron chi connectivity index (χ3n) is 6.49. The zero-order valence-electron chi connectivity index (χ0n) is 18.9. The highest BCUT2D eigenvalue weighted by molar-refractivity contribution is 7.80. The van der Waals surface area contributed by atoms with E-state index in [1.54, 1.807) is 7.11 Å². The van der Waals surface area contributed by atoms with E-state index >= 15 is 0 Å². The molecule has 0 aliphatic carbocycles. The maximum absolute atomic E-state index is 13.4. The molecule has 2 N–H and O–H groups in total. The Labute approximate surface area is 206 Å². The van der Waals surface area contributed by atoms with Crippen LogP contribution in [0.1, 0.15) is 24.8 Å². The summed E-state index contributed by atoms with van der Waals surface area (Å²) in [4.78, 5) is 17.7. The summed E-state index contributed by atoms with van der Waals surface area (Å²) >= 11 is 11.8. The third-order valence-corrected chi connectivity index (χ3v) is 7.09. The first-order valence-electron chi connectivity index (χ1n) is 11.4. The number of amides is 1. The number of likely N-dealkylation sites (tertiary alicyclic amines) is 1. The number of piperidine rings is 1. The number of anilines is 1. The summed E-state index contributed by atoms with van der Waals surface area (Å²) in [5.41, 5.74) is 1.71. The van der Waals surface area contributed by atoms with E-state index in [1.807, 2.05) is 42.5 Å². The van der Waals surface area contributed by atoms with Gasteiger partial charge in [-0.1, -0.05) is 48.0 Å². The molecule has 2 aliphatic rings. The highest BCUT2D eigenvalue weighted by Gasteiger charge is 2.51. The Kier molecular flexibility index (Phi) is 7.86. The monoisotopic (exact) mass is 486 g/mol. The number of methoxy groups -OCH3 is 1. The standard InChI is InChI=1S/C25H31ClN4O2S/c1-32-16-6-13-30-23(31)22(17-19-7-3-2-4-8-19)28-25(30)11-14-29(15-12-25)24(33)27-21-10-5-9-20(26)18-21/h2-5,7-10,18,22,28H,6,11-17H2,1H3,(H,27,33)/t22-/m1/s1. The molecule has 1 amide bonds. The smallest absolute Gasteiger partial charge is 0.241 e. The molecule has 0 radical (unpaired) electrons. The van der Waals surface area contributed by atoms with Gasteiger partial charge in [0.15, 0.2) is 5.11 Å². The van der Waals surface area contributed by atoms with Gasteiger partial charge in [0.2, 0.25) is 5.91 Å². The van der Waals surface area contributed by atoms with Crippen LogP contribution in [0.2, 0.25) is 5.02 Å². The van der Waals surface area contributed by atoms with E-state index in [2.05, 4.69) is 32.6 Å². The molecule has 176 valence electrons.